The average molecular weight is 478 g/mol. The van der Waals surface area contributed by atoms with Gasteiger partial charge in [0.2, 0.25) is 11.5 Å². The number of aryl methyl sites for hydroxylation is 2. The second kappa shape index (κ2) is 8.77. The highest BCUT2D eigenvalue weighted by Crippen LogP contribution is 2.36. The van der Waals surface area contributed by atoms with E-state index in [4.69, 9.17) is 4.74 Å². The molecule has 134 valence electrons. The summed E-state index contributed by atoms with van der Waals surface area (Å²) in [5, 5.41) is 30.1. The minimum atomic E-state index is -0.618. The summed E-state index contributed by atoms with van der Waals surface area (Å²) in [4.78, 5) is 19.9. The molecule has 0 heterocycles. The lowest BCUT2D eigenvalue weighted by atomic mass is 10.2. The Morgan fingerprint density at radius 3 is 1.80 bits per heavy atom. The van der Waals surface area contributed by atoms with Crippen LogP contribution in [-0.2, 0) is 0 Å². The molecule has 0 aliphatic rings. The molecular formula is C15H14Br2N2O6. The Kier molecular flexibility index (Phi) is 7.31. The van der Waals surface area contributed by atoms with Crippen LogP contribution in [0.5, 0.6) is 11.5 Å². The summed E-state index contributed by atoms with van der Waals surface area (Å²) in [6, 6.07) is 6.18. The van der Waals surface area contributed by atoms with Crippen LogP contribution in [0.3, 0.4) is 0 Å². The summed E-state index contributed by atoms with van der Waals surface area (Å²) < 4.78 is 5.84. The van der Waals surface area contributed by atoms with Crippen LogP contribution in [-0.4, -0.2) is 22.1 Å². The molecule has 0 unspecified atom stereocenters. The van der Waals surface area contributed by atoms with Crippen molar-refractivity contribution in [2.75, 3.05) is 7.11 Å². The quantitative estimate of drug-likeness (QED) is 0.488. The molecule has 1 N–H and O–H groups in total. The van der Waals surface area contributed by atoms with Gasteiger partial charge in [0.05, 0.1) is 25.9 Å². The van der Waals surface area contributed by atoms with Crippen LogP contribution in [0.15, 0.2) is 33.2 Å². The summed E-state index contributed by atoms with van der Waals surface area (Å²) in [7, 11) is 1.41. The van der Waals surface area contributed by atoms with Crippen LogP contribution >= 0.6 is 31.9 Å². The SMILES string of the molecule is COc1c(Br)cc(C)cc1[N+](=O)[O-].Cc1cc(Br)c(O)c([N+](=O)[O-])c1. The monoisotopic (exact) mass is 476 g/mol. The van der Waals surface area contributed by atoms with Gasteiger partial charge in [-0.3, -0.25) is 20.2 Å². The zero-order chi connectivity index (χ0) is 19.3. The number of nitro groups is 2. The molecule has 10 heteroatoms. The Hall–Kier alpha value is -2.20. The number of hydrogen-bond acceptors (Lipinski definition) is 6. The topological polar surface area (TPSA) is 116 Å². The van der Waals surface area contributed by atoms with E-state index in [9.17, 15) is 25.3 Å². The number of benzene rings is 2. The van der Waals surface area contributed by atoms with Crippen LogP contribution in [0.2, 0.25) is 0 Å². The normalized spacial score (nSPS) is 9.80. The van der Waals surface area contributed by atoms with Gasteiger partial charge in [0.1, 0.15) is 0 Å². The van der Waals surface area contributed by atoms with Crippen molar-refractivity contribution < 1.29 is 19.7 Å². The summed E-state index contributed by atoms with van der Waals surface area (Å²) in [5.41, 5.74) is 1.25. The second-order valence-corrected chi connectivity index (χ2v) is 6.64. The van der Waals surface area contributed by atoms with Gasteiger partial charge in [0, 0.05) is 12.1 Å². The molecule has 0 saturated heterocycles. The van der Waals surface area contributed by atoms with Crippen molar-refractivity contribution in [3.05, 3.63) is 64.6 Å². The van der Waals surface area contributed by atoms with Crippen LogP contribution in [0, 0.1) is 34.1 Å². The molecule has 0 saturated carbocycles. The average Bonchev–Trinajstić information content (AvgIpc) is 2.50. The molecule has 0 atom stereocenters. The first-order valence-electron chi connectivity index (χ1n) is 6.70. The summed E-state index contributed by atoms with van der Waals surface area (Å²) in [5.74, 6) is -0.0683. The van der Waals surface area contributed by atoms with Crippen molar-refractivity contribution in [1.82, 2.24) is 0 Å². The molecular weight excluding hydrogens is 464 g/mol. The fourth-order valence-electron chi connectivity index (χ4n) is 1.90. The summed E-state index contributed by atoms with van der Waals surface area (Å²) in [6.07, 6.45) is 0. The van der Waals surface area contributed by atoms with Gasteiger partial charge in [-0.2, -0.15) is 0 Å². The molecule has 0 spiro atoms. The number of methoxy groups -OCH3 is 1. The van der Waals surface area contributed by atoms with Crippen molar-refractivity contribution in [3.8, 4) is 11.5 Å². The number of nitro benzene ring substituents is 2. The van der Waals surface area contributed by atoms with Crippen molar-refractivity contribution >= 4 is 43.2 Å². The molecule has 0 bridgehead atoms. The van der Waals surface area contributed by atoms with Crippen molar-refractivity contribution in [2.24, 2.45) is 0 Å². The van der Waals surface area contributed by atoms with Crippen molar-refractivity contribution in [3.63, 3.8) is 0 Å². The van der Waals surface area contributed by atoms with Crippen molar-refractivity contribution in [1.29, 1.82) is 0 Å². The first-order valence-corrected chi connectivity index (χ1v) is 8.29. The summed E-state index contributed by atoms with van der Waals surface area (Å²) >= 11 is 6.21. The zero-order valence-electron chi connectivity index (χ0n) is 13.4. The van der Waals surface area contributed by atoms with Crippen LogP contribution < -0.4 is 4.74 Å². The van der Waals surface area contributed by atoms with E-state index >= 15 is 0 Å². The number of phenolic OH excluding ortho intramolecular Hbond substituents is 1. The molecule has 0 aliphatic heterocycles. The third-order valence-electron chi connectivity index (χ3n) is 2.95. The molecule has 8 nitrogen and oxygen atoms in total. The molecule has 0 aliphatic carbocycles. The Morgan fingerprint density at radius 2 is 1.36 bits per heavy atom. The Balaban J connectivity index is 0.000000251. The maximum Gasteiger partial charge on any atom is 0.312 e. The van der Waals surface area contributed by atoms with Gasteiger partial charge in [-0.15, -0.1) is 0 Å². The standard InChI is InChI=1S/C8H8BrNO3.C7H6BrNO3/c1-5-3-6(9)8(13-2)7(4-5)10(11)12;1-4-2-5(8)7(10)6(3-4)9(11)12/h3-4H,1-2H3;2-3,10H,1H3. The fourth-order valence-corrected chi connectivity index (χ4v) is 3.19. The second-order valence-electron chi connectivity index (χ2n) is 4.93. The van der Waals surface area contributed by atoms with E-state index in [1.807, 2.05) is 0 Å². The molecule has 25 heavy (non-hydrogen) atoms. The molecule has 0 radical (unpaired) electrons. The van der Waals surface area contributed by atoms with E-state index in [0.29, 0.717) is 8.95 Å². The highest BCUT2D eigenvalue weighted by molar-refractivity contribution is 9.10. The maximum absolute atomic E-state index is 10.6. The number of halogens is 2. The van der Waals surface area contributed by atoms with Gasteiger partial charge in [-0.05, 0) is 69.0 Å². The highest BCUT2D eigenvalue weighted by Gasteiger charge is 2.18. The number of hydrogen-bond donors (Lipinski definition) is 1. The minimum Gasteiger partial charge on any atom is -0.501 e. The molecule has 2 aromatic carbocycles. The fraction of sp³-hybridized carbons (Fsp3) is 0.200. The van der Waals surface area contributed by atoms with Gasteiger partial charge < -0.3 is 9.84 Å². The van der Waals surface area contributed by atoms with E-state index in [0.717, 1.165) is 11.1 Å². The third kappa shape index (κ3) is 5.40. The predicted molar refractivity (Wildman–Crippen MR) is 99.3 cm³/mol. The predicted octanol–water partition coefficient (Wildman–Crippen LogP) is 5.05. The summed E-state index contributed by atoms with van der Waals surface area (Å²) in [6.45, 7) is 3.51. The first-order chi connectivity index (χ1) is 11.6. The van der Waals surface area contributed by atoms with Gasteiger partial charge in [0.15, 0.2) is 0 Å². The third-order valence-corrected chi connectivity index (χ3v) is 4.15. The molecule has 2 rings (SSSR count). The largest absolute Gasteiger partial charge is 0.501 e. The molecule has 0 amide bonds. The maximum atomic E-state index is 10.6. The number of aromatic hydroxyl groups is 1. The Bertz CT molecular complexity index is 826. The highest BCUT2D eigenvalue weighted by atomic mass is 79.9. The lowest BCUT2D eigenvalue weighted by Crippen LogP contribution is -1.95. The molecule has 0 fully saturated rings. The van der Waals surface area contributed by atoms with Gasteiger partial charge in [0.25, 0.3) is 0 Å². The van der Waals surface area contributed by atoms with Gasteiger partial charge in [-0.1, -0.05) is 0 Å². The van der Waals surface area contributed by atoms with E-state index in [2.05, 4.69) is 31.9 Å². The van der Waals surface area contributed by atoms with E-state index < -0.39 is 9.85 Å². The lowest BCUT2D eigenvalue weighted by Gasteiger charge is -2.04. The van der Waals surface area contributed by atoms with E-state index in [1.165, 1.54) is 19.2 Å². The van der Waals surface area contributed by atoms with Crippen LogP contribution in [0.1, 0.15) is 11.1 Å². The molecule has 2 aromatic rings. The molecule has 0 aromatic heterocycles. The lowest BCUT2D eigenvalue weighted by molar-refractivity contribution is -0.386. The van der Waals surface area contributed by atoms with Crippen molar-refractivity contribution in [2.45, 2.75) is 13.8 Å². The number of phenols is 1. The van der Waals surface area contributed by atoms with E-state index in [-0.39, 0.29) is 22.9 Å². The van der Waals surface area contributed by atoms with E-state index in [1.54, 1.807) is 26.0 Å². The number of ether oxygens (including phenoxy) is 1. The number of rotatable bonds is 3. The zero-order valence-corrected chi connectivity index (χ0v) is 16.6. The van der Waals surface area contributed by atoms with Gasteiger partial charge >= 0.3 is 11.4 Å². The van der Waals surface area contributed by atoms with Gasteiger partial charge in [-0.25, -0.2) is 0 Å². The smallest absolute Gasteiger partial charge is 0.312 e. The Morgan fingerprint density at radius 1 is 0.920 bits per heavy atom. The van der Waals surface area contributed by atoms with Crippen LogP contribution in [0.4, 0.5) is 11.4 Å². The Labute approximate surface area is 160 Å². The first kappa shape index (κ1) is 20.8. The number of nitrogens with zero attached hydrogens (tertiary/aromatic N) is 2. The minimum absolute atomic E-state index is 0.0191. The van der Waals surface area contributed by atoms with Crippen LogP contribution in [0.25, 0.3) is 0 Å².